The van der Waals surface area contributed by atoms with E-state index >= 15 is 0 Å². The Hall–Kier alpha value is -1.40. The SMILES string of the molecule is Cc1cnn(C[C@H](C)N[C@H](C)C(=O)NC[C@@H]2CCCO2)c1. The summed E-state index contributed by atoms with van der Waals surface area (Å²) in [5, 5.41) is 10.5. The number of nitrogens with zero attached hydrogens (tertiary/aromatic N) is 2. The lowest BCUT2D eigenvalue weighted by Gasteiger charge is -2.20. The molecular formula is C15H26N4O2. The predicted octanol–water partition coefficient (Wildman–Crippen LogP) is 0.853. The van der Waals surface area contributed by atoms with Gasteiger partial charge in [0.05, 0.1) is 24.9 Å². The smallest absolute Gasteiger partial charge is 0.236 e. The number of amides is 1. The van der Waals surface area contributed by atoms with Gasteiger partial charge in [0.1, 0.15) is 0 Å². The number of aryl methyl sites for hydroxylation is 1. The van der Waals surface area contributed by atoms with Crippen molar-refractivity contribution in [1.29, 1.82) is 0 Å². The van der Waals surface area contributed by atoms with Crippen LogP contribution in [0.15, 0.2) is 12.4 Å². The van der Waals surface area contributed by atoms with Crippen molar-refractivity contribution in [2.24, 2.45) is 0 Å². The van der Waals surface area contributed by atoms with Crippen molar-refractivity contribution in [3.05, 3.63) is 18.0 Å². The van der Waals surface area contributed by atoms with Gasteiger partial charge in [0.2, 0.25) is 5.91 Å². The van der Waals surface area contributed by atoms with Gasteiger partial charge in [-0.1, -0.05) is 0 Å². The number of aromatic nitrogens is 2. The van der Waals surface area contributed by atoms with Crippen LogP contribution in [0.25, 0.3) is 0 Å². The molecule has 0 spiro atoms. The topological polar surface area (TPSA) is 68.2 Å². The van der Waals surface area contributed by atoms with Gasteiger partial charge < -0.3 is 15.4 Å². The summed E-state index contributed by atoms with van der Waals surface area (Å²) in [4.78, 5) is 12.0. The Morgan fingerprint density at radius 1 is 1.57 bits per heavy atom. The minimum Gasteiger partial charge on any atom is -0.376 e. The number of hydrogen-bond donors (Lipinski definition) is 2. The first-order chi connectivity index (χ1) is 10.0. The van der Waals surface area contributed by atoms with Gasteiger partial charge in [0, 0.05) is 25.4 Å². The van der Waals surface area contributed by atoms with E-state index in [1.807, 2.05) is 30.9 Å². The Bertz CT molecular complexity index is 454. The average molecular weight is 294 g/mol. The van der Waals surface area contributed by atoms with Gasteiger partial charge in [-0.3, -0.25) is 9.48 Å². The highest BCUT2D eigenvalue weighted by Crippen LogP contribution is 2.10. The van der Waals surface area contributed by atoms with Crippen LogP contribution in [0, 0.1) is 6.92 Å². The maximum atomic E-state index is 12.0. The van der Waals surface area contributed by atoms with Crippen LogP contribution in [0.4, 0.5) is 0 Å². The molecule has 1 aliphatic rings. The van der Waals surface area contributed by atoms with Crippen molar-refractivity contribution in [2.75, 3.05) is 13.2 Å². The summed E-state index contributed by atoms with van der Waals surface area (Å²) < 4.78 is 7.39. The van der Waals surface area contributed by atoms with E-state index < -0.39 is 0 Å². The zero-order chi connectivity index (χ0) is 15.2. The highest BCUT2D eigenvalue weighted by Gasteiger charge is 2.19. The largest absolute Gasteiger partial charge is 0.376 e. The van der Waals surface area contributed by atoms with Gasteiger partial charge in [-0.15, -0.1) is 0 Å². The lowest BCUT2D eigenvalue weighted by atomic mass is 10.2. The second kappa shape index (κ2) is 7.56. The third-order valence-corrected chi connectivity index (χ3v) is 3.68. The van der Waals surface area contributed by atoms with E-state index in [1.165, 1.54) is 0 Å². The summed E-state index contributed by atoms with van der Waals surface area (Å²) in [6.45, 7) is 8.13. The number of carbonyl (C=O) groups is 1. The number of carbonyl (C=O) groups excluding carboxylic acids is 1. The van der Waals surface area contributed by atoms with Crippen molar-refractivity contribution in [3.8, 4) is 0 Å². The summed E-state index contributed by atoms with van der Waals surface area (Å²) in [5.74, 6) is 0.0222. The van der Waals surface area contributed by atoms with Crippen molar-refractivity contribution in [2.45, 2.75) is 58.3 Å². The molecule has 1 aromatic heterocycles. The highest BCUT2D eigenvalue weighted by atomic mass is 16.5. The number of nitrogens with one attached hydrogen (secondary N) is 2. The molecule has 0 aromatic carbocycles. The van der Waals surface area contributed by atoms with E-state index in [2.05, 4.69) is 22.7 Å². The van der Waals surface area contributed by atoms with Gasteiger partial charge in [0.15, 0.2) is 0 Å². The molecule has 1 amide bonds. The van der Waals surface area contributed by atoms with Crippen LogP contribution >= 0.6 is 0 Å². The monoisotopic (exact) mass is 294 g/mol. The molecule has 6 nitrogen and oxygen atoms in total. The minimum absolute atomic E-state index is 0.0222. The second-order valence-corrected chi connectivity index (χ2v) is 5.91. The van der Waals surface area contributed by atoms with E-state index in [0.29, 0.717) is 6.54 Å². The quantitative estimate of drug-likeness (QED) is 0.782. The van der Waals surface area contributed by atoms with Crippen molar-refractivity contribution >= 4 is 5.91 Å². The maximum Gasteiger partial charge on any atom is 0.236 e. The van der Waals surface area contributed by atoms with Crippen LogP contribution < -0.4 is 10.6 Å². The molecule has 2 N–H and O–H groups in total. The summed E-state index contributed by atoms with van der Waals surface area (Å²) in [7, 11) is 0. The Labute approximate surface area is 126 Å². The average Bonchev–Trinajstić information content (AvgIpc) is 3.07. The summed E-state index contributed by atoms with van der Waals surface area (Å²) in [5.41, 5.74) is 1.14. The van der Waals surface area contributed by atoms with E-state index in [0.717, 1.165) is 31.6 Å². The van der Waals surface area contributed by atoms with Crippen LogP contribution in [-0.2, 0) is 16.1 Å². The Kier molecular flexibility index (Phi) is 5.76. The molecule has 6 heteroatoms. The number of rotatable bonds is 7. The van der Waals surface area contributed by atoms with Gasteiger partial charge in [0.25, 0.3) is 0 Å². The molecule has 2 rings (SSSR count). The number of ether oxygens (including phenoxy) is 1. The normalized spacial score (nSPS) is 21.2. The fourth-order valence-corrected chi connectivity index (χ4v) is 2.58. The van der Waals surface area contributed by atoms with E-state index in [-0.39, 0.29) is 24.1 Å². The van der Waals surface area contributed by atoms with Gasteiger partial charge in [-0.2, -0.15) is 5.10 Å². The van der Waals surface area contributed by atoms with Crippen LogP contribution in [0.1, 0.15) is 32.3 Å². The predicted molar refractivity (Wildman–Crippen MR) is 81.0 cm³/mol. The van der Waals surface area contributed by atoms with Crippen LogP contribution in [0.3, 0.4) is 0 Å². The molecule has 0 saturated carbocycles. The molecule has 0 unspecified atom stereocenters. The number of hydrogen-bond acceptors (Lipinski definition) is 4. The van der Waals surface area contributed by atoms with Crippen molar-refractivity contribution in [3.63, 3.8) is 0 Å². The Balaban J connectivity index is 1.69. The van der Waals surface area contributed by atoms with Crippen LogP contribution in [0.2, 0.25) is 0 Å². The molecule has 1 fully saturated rings. The van der Waals surface area contributed by atoms with Gasteiger partial charge in [-0.05, 0) is 39.2 Å². The van der Waals surface area contributed by atoms with Gasteiger partial charge in [-0.25, -0.2) is 0 Å². The summed E-state index contributed by atoms with van der Waals surface area (Å²) in [6.07, 6.45) is 6.15. The lowest BCUT2D eigenvalue weighted by molar-refractivity contribution is -0.123. The Morgan fingerprint density at radius 2 is 2.38 bits per heavy atom. The zero-order valence-corrected chi connectivity index (χ0v) is 13.1. The van der Waals surface area contributed by atoms with Gasteiger partial charge >= 0.3 is 0 Å². The molecule has 3 atom stereocenters. The third-order valence-electron chi connectivity index (χ3n) is 3.68. The van der Waals surface area contributed by atoms with Crippen molar-refractivity contribution in [1.82, 2.24) is 20.4 Å². The summed E-state index contributed by atoms with van der Waals surface area (Å²) >= 11 is 0. The first-order valence-corrected chi connectivity index (χ1v) is 7.69. The molecule has 0 aliphatic carbocycles. The van der Waals surface area contributed by atoms with E-state index in [1.54, 1.807) is 0 Å². The Morgan fingerprint density at radius 3 is 3.00 bits per heavy atom. The first-order valence-electron chi connectivity index (χ1n) is 7.69. The van der Waals surface area contributed by atoms with E-state index in [4.69, 9.17) is 4.74 Å². The summed E-state index contributed by atoms with van der Waals surface area (Å²) in [6, 6.07) is -0.0501. The molecule has 0 bridgehead atoms. The minimum atomic E-state index is -0.224. The fraction of sp³-hybridized carbons (Fsp3) is 0.733. The lowest BCUT2D eigenvalue weighted by Crippen LogP contribution is -2.48. The highest BCUT2D eigenvalue weighted by molar-refractivity contribution is 5.81. The molecule has 118 valence electrons. The van der Waals surface area contributed by atoms with Crippen molar-refractivity contribution < 1.29 is 9.53 Å². The van der Waals surface area contributed by atoms with E-state index in [9.17, 15) is 4.79 Å². The maximum absolute atomic E-state index is 12.0. The third kappa shape index (κ3) is 5.13. The fourth-order valence-electron chi connectivity index (χ4n) is 2.58. The molecule has 1 aliphatic heterocycles. The second-order valence-electron chi connectivity index (χ2n) is 5.91. The first kappa shape index (κ1) is 16.0. The molecule has 2 heterocycles. The molecule has 1 saturated heterocycles. The zero-order valence-electron chi connectivity index (χ0n) is 13.1. The van der Waals surface area contributed by atoms with Crippen LogP contribution in [0.5, 0.6) is 0 Å². The molecule has 21 heavy (non-hydrogen) atoms. The van der Waals surface area contributed by atoms with Crippen LogP contribution in [-0.4, -0.2) is 47.0 Å². The molecule has 0 radical (unpaired) electrons. The molecular weight excluding hydrogens is 268 g/mol. The standard InChI is InChI=1S/C15H26N4O2/c1-11-7-17-19(9-11)10-12(2)18-13(3)15(20)16-8-14-5-4-6-21-14/h7,9,12-14,18H,4-6,8,10H2,1-3H3,(H,16,20)/t12-,13+,14-/m0/s1. The molecule has 1 aromatic rings.